The van der Waals surface area contributed by atoms with Gasteiger partial charge < -0.3 is 10.6 Å². The number of amides is 1. The number of hydrogen-bond acceptors (Lipinski definition) is 2. The number of halogens is 1. The van der Waals surface area contributed by atoms with Crippen LogP contribution in [0.15, 0.2) is 48.5 Å². The van der Waals surface area contributed by atoms with E-state index in [9.17, 15) is 4.79 Å². The number of nitrogens with one attached hydrogen (secondary N) is 2. The Balaban J connectivity index is 1.82. The maximum absolute atomic E-state index is 12.4. The highest BCUT2D eigenvalue weighted by Gasteiger charge is 2.25. The van der Waals surface area contributed by atoms with E-state index in [0.29, 0.717) is 11.6 Å². The van der Waals surface area contributed by atoms with Gasteiger partial charge in [-0.25, -0.2) is 0 Å². The molecule has 1 amide bonds. The molecule has 1 unspecified atom stereocenters. The summed E-state index contributed by atoms with van der Waals surface area (Å²) in [6, 6.07) is 15.3. The molecule has 0 bridgehead atoms. The molecule has 2 aromatic rings. The molecule has 1 aliphatic heterocycles. The summed E-state index contributed by atoms with van der Waals surface area (Å²) >= 11 is 5.93. The summed E-state index contributed by atoms with van der Waals surface area (Å²) in [5.74, 6) is -0.175. The molecular weight excluding hydrogens is 272 g/mol. The molecule has 1 heterocycles. The summed E-state index contributed by atoms with van der Waals surface area (Å²) in [5.41, 5.74) is 3.02. The van der Waals surface area contributed by atoms with Crippen molar-refractivity contribution < 1.29 is 4.79 Å². The van der Waals surface area contributed by atoms with Crippen LogP contribution in [-0.2, 0) is 11.3 Å². The number of fused-ring (bicyclic) bond motifs is 1. The van der Waals surface area contributed by atoms with Gasteiger partial charge in [0.2, 0.25) is 5.91 Å². The number of rotatable bonds is 2. The fourth-order valence-corrected chi connectivity index (χ4v) is 2.72. The first-order valence-corrected chi connectivity index (χ1v) is 6.97. The van der Waals surface area contributed by atoms with E-state index in [2.05, 4.69) is 16.7 Å². The highest BCUT2D eigenvalue weighted by Crippen LogP contribution is 2.25. The summed E-state index contributed by atoms with van der Waals surface area (Å²) in [5, 5.41) is 6.83. The van der Waals surface area contributed by atoms with Gasteiger partial charge in [0.05, 0.1) is 5.92 Å². The van der Waals surface area contributed by atoms with E-state index < -0.39 is 0 Å². The Kier molecular flexibility index (Phi) is 3.72. The quantitative estimate of drug-likeness (QED) is 0.890. The lowest BCUT2D eigenvalue weighted by Gasteiger charge is -2.25. The average Bonchev–Trinajstić information content (AvgIpc) is 2.46. The lowest BCUT2D eigenvalue weighted by molar-refractivity contribution is -0.117. The van der Waals surface area contributed by atoms with Gasteiger partial charge in [-0.15, -0.1) is 0 Å². The van der Waals surface area contributed by atoms with E-state index >= 15 is 0 Å². The smallest absolute Gasteiger partial charge is 0.233 e. The van der Waals surface area contributed by atoms with Crippen LogP contribution in [-0.4, -0.2) is 12.5 Å². The van der Waals surface area contributed by atoms with Gasteiger partial charge in [-0.05, 0) is 29.3 Å². The van der Waals surface area contributed by atoms with Crippen molar-refractivity contribution in [3.05, 3.63) is 64.7 Å². The summed E-state index contributed by atoms with van der Waals surface area (Å²) < 4.78 is 0. The number of carbonyl (C=O) groups excluding carboxylic acids is 1. The van der Waals surface area contributed by atoms with Gasteiger partial charge in [-0.3, -0.25) is 4.79 Å². The minimum Gasteiger partial charge on any atom is -0.325 e. The molecule has 0 fully saturated rings. The van der Waals surface area contributed by atoms with Crippen LogP contribution in [0.5, 0.6) is 0 Å². The number of hydrogen-bond donors (Lipinski definition) is 2. The van der Waals surface area contributed by atoms with Crippen LogP contribution in [0.25, 0.3) is 0 Å². The predicted molar refractivity (Wildman–Crippen MR) is 81.0 cm³/mol. The third-order valence-corrected chi connectivity index (χ3v) is 3.74. The van der Waals surface area contributed by atoms with Gasteiger partial charge in [0.1, 0.15) is 0 Å². The molecule has 0 radical (unpaired) electrons. The van der Waals surface area contributed by atoms with E-state index in [1.165, 1.54) is 5.56 Å². The van der Waals surface area contributed by atoms with E-state index in [0.717, 1.165) is 17.8 Å². The third kappa shape index (κ3) is 2.69. The molecular formula is C16H15ClN2O. The molecule has 0 aromatic heterocycles. The zero-order valence-electron chi connectivity index (χ0n) is 10.9. The van der Waals surface area contributed by atoms with Crippen molar-refractivity contribution in [2.45, 2.75) is 12.5 Å². The van der Waals surface area contributed by atoms with Crippen LogP contribution in [0, 0.1) is 0 Å². The molecule has 0 saturated heterocycles. The largest absolute Gasteiger partial charge is 0.325 e. The number of carbonyl (C=O) groups is 1. The zero-order chi connectivity index (χ0) is 13.9. The molecule has 2 N–H and O–H groups in total. The summed E-state index contributed by atoms with van der Waals surface area (Å²) in [6.07, 6.45) is 0. The van der Waals surface area contributed by atoms with Crippen molar-refractivity contribution in [2.24, 2.45) is 0 Å². The first kappa shape index (κ1) is 13.2. The predicted octanol–water partition coefficient (Wildman–Crippen LogP) is 3.17. The normalized spacial score (nSPS) is 17.4. The van der Waals surface area contributed by atoms with Gasteiger partial charge in [0.25, 0.3) is 0 Å². The monoisotopic (exact) mass is 286 g/mol. The number of anilines is 1. The molecule has 1 atom stereocenters. The third-order valence-electron chi connectivity index (χ3n) is 3.50. The topological polar surface area (TPSA) is 41.1 Å². The van der Waals surface area contributed by atoms with Crippen LogP contribution in [0.1, 0.15) is 17.0 Å². The fraction of sp³-hybridized carbons (Fsp3) is 0.188. The van der Waals surface area contributed by atoms with Crippen LogP contribution in [0.3, 0.4) is 0 Å². The Morgan fingerprint density at radius 1 is 1.20 bits per heavy atom. The second kappa shape index (κ2) is 5.65. The molecule has 0 spiro atoms. The summed E-state index contributed by atoms with van der Waals surface area (Å²) in [4.78, 5) is 12.4. The van der Waals surface area contributed by atoms with Crippen molar-refractivity contribution in [1.82, 2.24) is 5.32 Å². The fourth-order valence-electron chi connectivity index (χ4n) is 2.53. The second-order valence-corrected chi connectivity index (χ2v) is 5.32. The van der Waals surface area contributed by atoms with Crippen molar-refractivity contribution in [3.8, 4) is 0 Å². The molecule has 4 heteroatoms. The lowest BCUT2D eigenvalue weighted by atomic mass is 9.90. The van der Waals surface area contributed by atoms with Gasteiger partial charge in [0, 0.05) is 23.8 Å². The van der Waals surface area contributed by atoms with Gasteiger partial charge in [-0.1, -0.05) is 41.9 Å². The Morgan fingerprint density at radius 3 is 2.90 bits per heavy atom. The Bertz CT molecular complexity index is 642. The maximum Gasteiger partial charge on any atom is 0.233 e. The van der Waals surface area contributed by atoms with Gasteiger partial charge in [0.15, 0.2) is 0 Å². The van der Waals surface area contributed by atoms with Crippen molar-refractivity contribution >= 4 is 23.2 Å². The molecule has 1 aliphatic rings. The van der Waals surface area contributed by atoms with Crippen LogP contribution < -0.4 is 10.6 Å². The van der Waals surface area contributed by atoms with E-state index in [4.69, 9.17) is 11.6 Å². The van der Waals surface area contributed by atoms with Crippen molar-refractivity contribution in [2.75, 3.05) is 11.9 Å². The van der Waals surface area contributed by atoms with Gasteiger partial charge >= 0.3 is 0 Å². The molecule has 102 valence electrons. The highest BCUT2D eigenvalue weighted by atomic mass is 35.5. The zero-order valence-corrected chi connectivity index (χ0v) is 11.7. The molecule has 0 saturated carbocycles. The first-order valence-electron chi connectivity index (χ1n) is 6.59. The highest BCUT2D eigenvalue weighted by molar-refractivity contribution is 6.30. The molecule has 0 aliphatic carbocycles. The van der Waals surface area contributed by atoms with Crippen LogP contribution in [0.4, 0.5) is 5.69 Å². The van der Waals surface area contributed by atoms with Crippen molar-refractivity contribution in [1.29, 1.82) is 0 Å². The molecule has 2 aromatic carbocycles. The van der Waals surface area contributed by atoms with E-state index in [1.807, 2.05) is 30.3 Å². The van der Waals surface area contributed by atoms with Gasteiger partial charge in [-0.2, -0.15) is 0 Å². The minimum atomic E-state index is -0.168. The first-order chi connectivity index (χ1) is 9.74. The van der Waals surface area contributed by atoms with Crippen LogP contribution in [0.2, 0.25) is 5.02 Å². The number of benzene rings is 2. The lowest BCUT2D eigenvalue weighted by Crippen LogP contribution is -2.35. The van der Waals surface area contributed by atoms with Crippen LogP contribution >= 0.6 is 11.6 Å². The van der Waals surface area contributed by atoms with E-state index in [-0.39, 0.29) is 11.8 Å². The Labute approximate surface area is 123 Å². The van der Waals surface area contributed by atoms with Crippen molar-refractivity contribution in [3.63, 3.8) is 0 Å². The summed E-state index contributed by atoms with van der Waals surface area (Å²) in [6.45, 7) is 1.47. The standard InChI is InChI=1S/C16H15ClN2O/c17-12-5-3-6-13(8-12)19-16(20)15-10-18-9-11-4-1-2-7-14(11)15/h1-8,15,18H,9-10H2,(H,19,20). The molecule has 3 nitrogen and oxygen atoms in total. The minimum absolute atomic E-state index is 0.00748. The molecule has 3 rings (SSSR count). The summed E-state index contributed by atoms with van der Waals surface area (Å²) in [7, 11) is 0. The Morgan fingerprint density at radius 2 is 2.05 bits per heavy atom. The SMILES string of the molecule is O=C(Nc1cccc(Cl)c1)C1CNCc2ccccc21. The molecule has 20 heavy (non-hydrogen) atoms. The van der Waals surface area contributed by atoms with E-state index in [1.54, 1.807) is 12.1 Å². The average molecular weight is 287 g/mol. The Hall–Kier alpha value is -1.84. The second-order valence-electron chi connectivity index (χ2n) is 4.88. The maximum atomic E-state index is 12.4.